The maximum atomic E-state index is 10.8. The Hall–Kier alpha value is -0.780. The van der Waals surface area contributed by atoms with E-state index in [1.165, 1.54) is 0 Å². The molecular weight excluding hydrogens is 283 g/mol. The van der Waals surface area contributed by atoms with Crippen LogP contribution in [0.1, 0.15) is 6.42 Å². The van der Waals surface area contributed by atoms with Crippen molar-refractivity contribution >= 4 is 33.4 Å². The topological polar surface area (TPSA) is 64.3 Å². The quantitative estimate of drug-likeness (QED) is 0.506. The van der Waals surface area contributed by atoms with Gasteiger partial charge in [-0.25, -0.2) is 5.84 Å². The van der Waals surface area contributed by atoms with Gasteiger partial charge in [-0.2, -0.15) is 0 Å². The second kappa shape index (κ2) is 5.95. The first kappa shape index (κ1) is 12.3. The molecule has 0 aliphatic rings. The van der Waals surface area contributed by atoms with Crippen molar-refractivity contribution in [1.29, 1.82) is 0 Å². The minimum atomic E-state index is -0.264. The van der Waals surface area contributed by atoms with E-state index in [1.54, 1.807) is 18.2 Å². The van der Waals surface area contributed by atoms with Crippen LogP contribution in [0.2, 0.25) is 5.02 Å². The minimum absolute atomic E-state index is 0.214. The third kappa shape index (κ3) is 4.07. The molecule has 1 amide bonds. The molecule has 0 saturated carbocycles. The minimum Gasteiger partial charge on any atom is -0.492 e. The Morgan fingerprint density at radius 3 is 2.93 bits per heavy atom. The number of hydrogen-bond donors (Lipinski definition) is 2. The van der Waals surface area contributed by atoms with Crippen molar-refractivity contribution in [2.45, 2.75) is 6.42 Å². The maximum absolute atomic E-state index is 10.8. The Morgan fingerprint density at radius 1 is 1.60 bits per heavy atom. The second-order valence-electron chi connectivity index (χ2n) is 2.74. The SMILES string of the molecule is NNC(=O)CCOc1ccc(Cl)cc1Br. The molecule has 15 heavy (non-hydrogen) atoms. The van der Waals surface area contributed by atoms with Gasteiger partial charge in [0.15, 0.2) is 0 Å². The van der Waals surface area contributed by atoms with Crippen molar-refractivity contribution in [2.75, 3.05) is 6.61 Å². The van der Waals surface area contributed by atoms with Crippen LogP contribution in [-0.4, -0.2) is 12.5 Å². The Bertz CT molecular complexity index is 360. The van der Waals surface area contributed by atoms with E-state index in [2.05, 4.69) is 15.9 Å². The smallest absolute Gasteiger partial charge is 0.237 e. The highest BCUT2D eigenvalue weighted by Crippen LogP contribution is 2.27. The average molecular weight is 294 g/mol. The number of rotatable bonds is 4. The molecule has 0 unspecified atom stereocenters. The van der Waals surface area contributed by atoms with Crippen molar-refractivity contribution in [3.8, 4) is 5.75 Å². The van der Waals surface area contributed by atoms with Crippen LogP contribution in [0.5, 0.6) is 5.75 Å². The molecule has 0 heterocycles. The molecule has 1 rings (SSSR count). The highest BCUT2D eigenvalue weighted by atomic mass is 79.9. The first-order valence-electron chi connectivity index (χ1n) is 4.21. The van der Waals surface area contributed by atoms with Gasteiger partial charge in [-0.15, -0.1) is 0 Å². The summed E-state index contributed by atoms with van der Waals surface area (Å²) in [5, 5.41) is 0.619. The van der Waals surface area contributed by atoms with Crippen molar-refractivity contribution < 1.29 is 9.53 Å². The molecule has 1 aromatic rings. The van der Waals surface area contributed by atoms with Gasteiger partial charge in [-0.05, 0) is 34.1 Å². The van der Waals surface area contributed by atoms with Crippen LogP contribution in [0.25, 0.3) is 0 Å². The molecule has 1 aromatic carbocycles. The Balaban J connectivity index is 2.47. The first-order valence-corrected chi connectivity index (χ1v) is 5.38. The van der Waals surface area contributed by atoms with Gasteiger partial charge in [0.1, 0.15) is 5.75 Å². The van der Waals surface area contributed by atoms with Crippen LogP contribution in [0, 0.1) is 0 Å². The van der Waals surface area contributed by atoms with Gasteiger partial charge in [0, 0.05) is 5.02 Å². The zero-order chi connectivity index (χ0) is 11.3. The number of halogens is 2. The van der Waals surface area contributed by atoms with Gasteiger partial charge in [0.05, 0.1) is 17.5 Å². The van der Waals surface area contributed by atoms with Crippen molar-refractivity contribution in [3.05, 3.63) is 27.7 Å². The normalized spacial score (nSPS) is 9.80. The predicted octanol–water partition coefficient (Wildman–Crippen LogP) is 1.86. The number of carbonyl (C=O) groups excluding carboxylic acids is 1. The fourth-order valence-corrected chi connectivity index (χ4v) is 1.72. The summed E-state index contributed by atoms with van der Waals surface area (Å²) < 4.78 is 6.10. The van der Waals surface area contributed by atoms with Gasteiger partial charge >= 0.3 is 0 Å². The van der Waals surface area contributed by atoms with Crippen LogP contribution < -0.4 is 16.0 Å². The number of hydrogen-bond acceptors (Lipinski definition) is 3. The summed E-state index contributed by atoms with van der Waals surface area (Å²) in [5.74, 6) is 5.30. The van der Waals surface area contributed by atoms with Gasteiger partial charge in [-0.3, -0.25) is 10.2 Å². The van der Waals surface area contributed by atoms with Crippen molar-refractivity contribution in [2.24, 2.45) is 5.84 Å². The lowest BCUT2D eigenvalue weighted by molar-refractivity contribution is -0.121. The molecule has 0 bridgehead atoms. The molecule has 0 fully saturated rings. The molecule has 0 aliphatic heterocycles. The van der Waals surface area contributed by atoms with E-state index in [9.17, 15) is 4.79 Å². The fraction of sp³-hybridized carbons (Fsp3) is 0.222. The number of nitrogens with one attached hydrogen (secondary N) is 1. The average Bonchev–Trinajstić information content (AvgIpc) is 2.21. The molecule has 0 atom stereocenters. The van der Waals surface area contributed by atoms with E-state index in [0.717, 1.165) is 4.47 Å². The zero-order valence-corrected chi connectivity index (χ0v) is 10.1. The summed E-state index contributed by atoms with van der Waals surface area (Å²) in [6.07, 6.45) is 0.214. The highest BCUT2D eigenvalue weighted by Gasteiger charge is 2.03. The van der Waals surface area contributed by atoms with E-state index in [4.69, 9.17) is 22.2 Å². The molecule has 0 spiro atoms. The van der Waals surface area contributed by atoms with E-state index >= 15 is 0 Å². The van der Waals surface area contributed by atoms with Crippen LogP contribution >= 0.6 is 27.5 Å². The Labute approximate surface area is 101 Å². The van der Waals surface area contributed by atoms with Gasteiger partial charge in [0.25, 0.3) is 0 Å². The summed E-state index contributed by atoms with van der Waals surface area (Å²) in [6, 6.07) is 5.16. The molecule has 0 aliphatic carbocycles. The number of carbonyl (C=O) groups is 1. The Kier molecular flexibility index (Phi) is 4.87. The van der Waals surface area contributed by atoms with E-state index in [0.29, 0.717) is 10.8 Å². The summed E-state index contributed by atoms with van der Waals surface area (Å²) in [7, 11) is 0. The summed E-state index contributed by atoms with van der Waals surface area (Å²) in [5.41, 5.74) is 2.02. The van der Waals surface area contributed by atoms with E-state index in [1.807, 2.05) is 5.43 Å². The summed E-state index contributed by atoms with van der Waals surface area (Å²) in [4.78, 5) is 10.8. The summed E-state index contributed by atoms with van der Waals surface area (Å²) in [6.45, 7) is 0.267. The first-order chi connectivity index (χ1) is 7.13. The molecule has 82 valence electrons. The summed E-state index contributed by atoms with van der Waals surface area (Å²) >= 11 is 9.05. The van der Waals surface area contributed by atoms with E-state index < -0.39 is 0 Å². The number of ether oxygens (including phenoxy) is 1. The Morgan fingerprint density at radius 2 is 2.33 bits per heavy atom. The van der Waals surface area contributed by atoms with Crippen LogP contribution in [0.15, 0.2) is 22.7 Å². The fourth-order valence-electron chi connectivity index (χ4n) is 0.918. The molecule has 0 saturated heterocycles. The molecule has 0 radical (unpaired) electrons. The number of nitrogens with two attached hydrogens (primary N) is 1. The lowest BCUT2D eigenvalue weighted by Gasteiger charge is -2.07. The lowest BCUT2D eigenvalue weighted by atomic mass is 10.3. The number of amides is 1. The molecule has 6 heteroatoms. The molecular formula is C9H10BrClN2O2. The number of benzene rings is 1. The predicted molar refractivity (Wildman–Crippen MR) is 61.6 cm³/mol. The second-order valence-corrected chi connectivity index (χ2v) is 4.03. The monoisotopic (exact) mass is 292 g/mol. The standard InChI is InChI=1S/C9H10BrClN2O2/c10-7-5-6(11)1-2-8(7)15-4-3-9(14)13-12/h1-2,5H,3-4,12H2,(H,13,14). The zero-order valence-electron chi connectivity index (χ0n) is 7.80. The largest absolute Gasteiger partial charge is 0.492 e. The molecule has 4 nitrogen and oxygen atoms in total. The third-order valence-corrected chi connectivity index (χ3v) is 2.50. The van der Waals surface area contributed by atoms with Crippen molar-refractivity contribution in [3.63, 3.8) is 0 Å². The van der Waals surface area contributed by atoms with Gasteiger partial charge in [0.2, 0.25) is 5.91 Å². The van der Waals surface area contributed by atoms with Gasteiger partial charge in [-0.1, -0.05) is 11.6 Å². The van der Waals surface area contributed by atoms with Crippen LogP contribution in [-0.2, 0) is 4.79 Å². The number of hydrazine groups is 1. The molecule has 0 aromatic heterocycles. The van der Waals surface area contributed by atoms with Gasteiger partial charge < -0.3 is 4.74 Å². The third-order valence-electron chi connectivity index (χ3n) is 1.64. The van der Waals surface area contributed by atoms with Crippen molar-refractivity contribution in [1.82, 2.24) is 5.43 Å². The molecule has 3 N–H and O–H groups in total. The van der Waals surface area contributed by atoms with Crippen LogP contribution in [0.4, 0.5) is 0 Å². The maximum Gasteiger partial charge on any atom is 0.237 e. The lowest BCUT2D eigenvalue weighted by Crippen LogP contribution is -2.31. The van der Waals surface area contributed by atoms with Crippen LogP contribution in [0.3, 0.4) is 0 Å². The highest BCUT2D eigenvalue weighted by molar-refractivity contribution is 9.10. The van der Waals surface area contributed by atoms with E-state index in [-0.39, 0.29) is 18.9 Å².